The van der Waals surface area contributed by atoms with Crippen LogP contribution < -0.4 is 10.3 Å². The van der Waals surface area contributed by atoms with Crippen molar-refractivity contribution in [1.29, 1.82) is 0 Å². The third-order valence-corrected chi connectivity index (χ3v) is 3.15. The van der Waals surface area contributed by atoms with Crippen LogP contribution in [0.5, 0.6) is 5.75 Å². The number of nitrogens with one attached hydrogen (secondary N) is 1. The lowest BCUT2D eigenvalue weighted by Gasteiger charge is -2.08. The Morgan fingerprint density at radius 1 is 1.25 bits per heavy atom. The number of aromatic nitrogens is 1. The summed E-state index contributed by atoms with van der Waals surface area (Å²) in [6, 6.07) is 8.69. The molecule has 20 heavy (non-hydrogen) atoms. The van der Waals surface area contributed by atoms with Crippen LogP contribution in [0.15, 0.2) is 41.3 Å². The Morgan fingerprint density at radius 2 is 1.95 bits per heavy atom. The van der Waals surface area contributed by atoms with Crippen LogP contribution in [0.4, 0.5) is 5.69 Å². The normalized spacial score (nSPS) is 11.5. The van der Waals surface area contributed by atoms with Gasteiger partial charge in [0, 0.05) is 30.8 Å². The maximum atomic E-state index is 11.4. The molecule has 0 bridgehead atoms. The van der Waals surface area contributed by atoms with Gasteiger partial charge < -0.3 is 19.9 Å². The second kappa shape index (κ2) is 6.36. The number of hydrogen-bond donors (Lipinski definition) is 2. The van der Waals surface area contributed by atoms with Crippen LogP contribution in [0.25, 0.3) is 11.1 Å². The molecular weight excluding hydrogens is 280 g/mol. The van der Waals surface area contributed by atoms with Crippen molar-refractivity contribution < 1.29 is 14.8 Å². The van der Waals surface area contributed by atoms with Crippen molar-refractivity contribution in [3.05, 3.63) is 46.9 Å². The van der Waals surface area contributed by atoms with E-state index in [9.17, 15) is 14.1 Å². The Kier molecular flexibility index (Phi) is 5.06. The van der Waals surface area contributed by atoms with Crippen molar-refractivity contribution in [2.45, 2.75) is 0 Å². The Labute approximate surface area is 118 Å². The van der Waals surface area contributed by atoms with Crippen molar-refractivity contribution in [2.24, 2.45) is 7.05 Å². The van der Waals surface area contributed by atoms with Crippen molar-refractivity contribution in [2.75, 3.05) is 11.0 Å². The predicted molar refractivity (Wildman–Crippen MR) is 80.1 cm³/mol. The molecular formula is C13H16N2O4S. The quantitative estimate of drug-likeness (QED) is 0.868. The zero-order valence-electron chi connectivity index (χ0n) is 11.1. The summed E-state index contributed by atoms with van der Waals surface area (Å²) in [5, 5.41) is 9.56. The topological polar surface area (TPSA) is 103 Å². The number of hydrogen-bond acceptors (Lipinski definition) is 3. The fourth-order valence-electron chi connectivity index (χ4n) is 1.78. The van der Waals surface area contributed by atoms with Crippen molar-refractivity contribution in [3.63, 3.8) is 0 Å². The van der Waals surface area contributed by atoms with Crippen LogP contribution in [0, 0.1) is 0 Å². The average molecular weight is 296 g/mol. The Morgan fingerprint density at radius 3 is 2.55 bits per heavy atom. The highest BCUT2D eigenvalue weighted by Crippen LogP contribution is 2.23. The van der Waals surface area contributed by atoms with Gasteiger partial charge in [0.05, 0.1) is 0 Å². The first-order chi connectivity index (χ1) is 8.97. The van der Waals surface area contributed by atoms with E-state index in [-0.39, 0.29) is 11.2 Å². The molecule has 1 unspecified atom stereocenters. The lowest BCUT2D eigenvalue weighted by atomic mass is 10.1. The molecule has 0 saturated heterocycles. The molecule has 0 fully saturated rings. The second-order valence-electron chi connectivity index (χ2n) is 4.17. The molecule has 0 spiro atoms. The van der Waals surface area contributed by atoms with Crippen LogP contribution in [-0.2, 0) is 18.0 Å². The maximum Gasteiger partial charge on any atom is 0.292 e. The van der Waals surface area contributed by atoms with E-state index in [0.29, 0.717) is 11.3 Å². The first-order valence-electron chi connectivity index (χ1n) is 5.57. The minimum Gasteiger partial charge on any atom is -0.503 e. The minimum absolute atomic E-state index is 0. The summed E-state index contributed by atoms with van der Waals surface area (Å²) in [5.41, 5.74) is 1.81. The standard InChI is InChI=1S/C13H14N2O3S.H2O/c1-15-8-10(7-12(16)13(15)17)9-4-3-5-11(6-9)14-19(2)18;/h3-8,14,16H,1-2H3;1H2. The van der Waals surface area contributed by atoms with Gasteiger partial charge in [0.15, 0.2) is 5.75 Å². The molecule has 1 atom stereocenters. The smallest absolute Gasteiger partial charge is 0.292 e. The molecule has 6 nitrogen and oxygen atoms in total. The van der Waals surface area contributed by atoms with Gasteiger partial charge in [-0.25, -0.2) is 4.21 Å². The third-order valence-electron chi connectivity index (χ3n) is 2.62. The molecule has 2 rings (SSSR count). The SMILES string of the molecule is Cn1cc(-c2cccc(NS(C)=O)c2)cc(O)c1=O.O. The van der Waals surface area contributed by atoms with Crippen LogP contribution in [0.3, 0.4) is 0 Å². The van der Waals surface area contributed by atoms with Gasteiger partial charge in [-0.3, -0.25) is 4.79 Å². The summed E-state index contributed by atoms with van der Waals surface area (Å²) in [7, 11) is 0.430. The van der Waals surface area contributed by atoms with Crippen molar-refractivity contribution >= 4 is 16.7 Å². The molecule has 1 aromatic heterocycles. The number of aryl methyl sites for hydroxylation is 1. The van der Waals surface area contributed by atoms with E-state index in [1.807, 2.05) is 12.1 Å². The highest BCUT2D eigenvalue weighted by atomic mass is 32.2. The Bertz CT molecular complexity index is 671. The first kappa shape index (κ1) is 15.9. The van der Waals surface area contributed by atoms with E-state index in [0.717, 1.165) is 5.56 Å². The van der Waals surface area contributed by atoms with Gasteiger partial charge in [0.25, 0.3) is 5.56 Å². The molecule has 7 heteroatoms. The zero-order chi connectivity index (χ0) is 14.0. The van der Waals surface area contributed by atoms with E-state index >= 15 is 0 Å². The molecule has 108 valence electrons. The first-order valence-corrected chi connectivity index (χ1v) is 7.13. The van der Waals surface area contributed by atoms with E-state index in [1.165, 1.54) is 10.6 Å². The molecule has 0 aliphatic rings. The third kappa shape index (κ3) is 3.46. The highest BCUT2D eigenvalue weighted by Gasteiger charge is 2.06. The number of benzene rings is 1. The van der Waals surface area contributed by atoms with Crippen molar-refractivity contribution in [1.82, 2.24) is 4.57 Å². The largest absolute Gasteiger partial charge is 0.503 e. The predicted octanol–water partition coefficient (Wildman–Crippen LogP) is 0.639. The summed E-state index contributed by atoms with van der Waals surface area (Å²) >= 11 is 0. The average Bonchev–Trinajstić information content (AvgIpc) is 2.35. The van der Waals surface area contributed by atoms with E-state index in [4.69, 9.17) is 0 Å². The summed E-state index contributed by atoms with van der Waals surface area (Å²) in [5.74, 6) is -0.294. The molecule has 1 heterocycles. The van der Waals surface area contributed by atoms with Crippen LogP contribution in [0.1, 0.15) is 0 Å². The molecule has 4 N–H and O–H groups in total. The van der Waals surface area contributed by atoms with Crippen molar-refractivity contribution in [3.8, 4) is 16.9 Å². The lowest BCUT2D eigenvalue weighted by Crippen LogP contribution is -2.15. The van der Waals surface area contributed by atoms with E-state index in [2.05, 4.69) is 4.72 Å². The van der Waals surface area contributed by atoms with Gasteiger partial charge in [-0.15, -0.1) is 0 Å². The number of pyridine rings is 1. The summed E-state index contributed by atoms with van der Waals surface area (Å²) in [6.07, 6.45) is 3.19. The number of anilines is 1. The highest BCUT2D eigenvalue weighted by molar-refractivity contribution is 7.85. The zero-order valence-corrected chi connectivity index (χ0v) is 11.9. The Balaban J connectivity index is 0.00000200. The maximum absolute atomic E-state index is 11.4. The molecule has 0 aliphatic carbocycles. The molecule has 0 saturated carbocycles. The van der Waals surface area contributed by atoms with Gasteiger partial charge in [-0.1, -0.05) is 12.1 Å². The lowest BCUT2D eigenvalue weighted by molar-refractivity contribution is 0.461. The number of rotatable bonds is 3. The Hall–Kier alpha value is -2.12. The van der Waals surface area contributed by atoms with Gasteiger partial charge in [-0.05, 0) is 23.8 Å². The number of nitrogens with zero attached hydrogens (tertiary/aromatic N) is 1. The summed E-state index contributed by atoms with van der Waals surface area (Å²) < 4.78 is 15.2. The molecule has 2 aromatic rings. The van der Waals surface area contributed by atoms with Gasteiger partial charge in [-0.2, -0.15) is 0 Å². The number of aromatic hydroxyl groups is 1. The minimum atomic E-state index is -1.15. The molecule has 0 radical (unpaired) electrons. The fraction of sp³-hybridized carbons (Fsp3) is 0.154. The molecule has 1 aromatic carbocycles. The van der Waals surface area contributed by atoms with Crippen LogP contribution >= 0.6 is 0 Å². The summed E-state index contributed by atoms with van der Waals surface area (Å²) in [6.45, 7) is 0. The molecule has 0 amide bonds. The van der Waals surface area contributed by atoms with E-state index < -0.39 is 16.5 Å². The van der Waals surface area contributed by atoms with Crippen LogP contribution in [0.2, 0.25) is 0 Å². The van der Waals surface area contributed by atoms with Gasteiger partial charge in [0.2, 0.25) is 0 Å². The summed E-state index contributed by atoms with van der Waals surface area (Å²) in [4.78, 5) is 11.4. The van der Waals surface area contributed by atoms with Crippen LogP contribution in [-0.4, -0.2) is 25.6 Å². The van der Waals surface area contributed by atoms with Gasteiger partial charge >= 0.3 is 0 Å². The van der Waals surface area contributed by atoms with E-state index in [1.54, 1.807) is 31.6 Å². The fourth-order valence-corrected chi connectivity index (χ4v) is 2.24. The molecule has 0 aliphatic heterocycles. The second-order valence-corrected chi connectivity index (χ2v) is 5.28. The van der Waals surface area contributed by atoms with Gasteiger partial charge in [0.1, 0.15) is 11.0 Å². The monoisotopic (exact) mass is 296 g/mol.